The number of Topliss-reactive ketones (excluding diaryl/α,β-unsaturated/α-hetero) is 2. The van der Waals surface area contributed by atoms with E-state index in [4.69, 9.17) is 17.3 Å². The molecule has 0 spiro atoms. The van der Waals surface area contributed by atoms with Gasteiger partial charge in [-0.2, -0.15) is 13.2 Å². The minimum atomic E-state index is -4.86. The summed E-state index contributed by atoms with van der Waals surface area (Å²) in [7, 11) is 2.76. The molecule has 48 heavy (non-hydrogen) atoms. The average Bonchev–Trinajstić information content (AvgIpc) is 2.99. The van der Waals surface area contributed by atoms with Crippen molar-refractivity contribution in [3.63, 3.8) is 0 Å². The number of hydrogen-bond donors (Lipinski definition) is 8. The van der Waals surface area contributed by atoms with Crippen molar-refractivity contribution in [1.29, 1.82) is 0 Å². The molecule has 0 heterocycles. The molecule has 0 aliphatic heterocycles. The van der Waals surface area contributed by atoms with Gasteiger partial charge in [0.25, 0.3) is 5.91 Å². The molecule has 17 heteroatoms. The number of nitrogens with zero attached hydrogens (tertiary/aromatic N) is 1. The number of phenols is 1. The number of nitrogens with one attached hydrogen (secondary N) is 2. The predicted molar refractivity (Wildman–Crippen MR) is 164 cm³/mol. The van der Waals surface area contributed by atoms with Crippen LogP contribution in [-0.4, -0.2) is 85.8 Å². The van der Waals surface area contributed by atoms with Crippen LogP contribution in [0.4, 0.5) is 29.3 Å². The number of carbonyl (C=O) groups is 4. The number of halogens is 4. The Bertz CT molecular complexity index is 1840. The second-order valence-electron chi connectivity index (χ2n) is 12.1. The number of hydrogen-bond acceptors (Lipinski definition) is 10. The summed E-state index contributed by atoms with van der Waals surface area (Å²) in [5.74, 6) is -11.3. The number of alkyl halides is 4. The minimum Gasteiger partial charge on any atom is -0.508 e. The fraction of sp³-hybridized carbons (Fsp3) is 0.355. The smallest absolute Gasteiger partial charge is 0.418 e. The Hall–Kier alpha value is -4.64. The molecule has 0 aromatic heterocycles. The van der Waals surface area contributed by atoms with Gasteiger partial charge in [0.2, 0.25) is 5.78 Å². The number of aliphatic hydroxyl groups is 4. The lowest BCUT2D eigenvalue weighted by Crippen LogP contribution is -2.70. The lowest BCUT2D eigenvalue weighted by molar-refractivity contribution is -0.169. The highest BCUT2D eigenvalue weighted by Gasteiger charge is 2.68. The van der Waals surface area contributed by atoms with E-state index in [0.29, 0.717) is 0 Å². The van der Waals surface area contributed by atoms with Crippen LogP contribution in [-0.2, 0) is 26.4 Å². The molecule has 0 saturated heterocycles. The zero-order chi connectivity index (χ0) is 35.8. The summed E-state index contributed by atoms with van der Waals surface area (Å²) in [6.45, 7) is 1.51. The van der Waals surface area contributed by atoms with Gasteiger partial charge in [0.15, 0.2) is 11.4 Å². The molecule has 5 rings (SSSR count). The van der Waals surface area contributed by atoms with Gasteiger partial charge in [0.05, 0.1) is 40.6 Å². The molecule has 2 aromatic carbocycles. The number of anilines is 2. The monoisotopic (exact) mass is 694 g/mol. The van der Waals surface area contributed by atoms with Crippen LogP contribution in [0, 0.1) is 11.8 Å². The van der Waals surface area contributed by atoms with Crippen LogP contribution in [0.15, 0.2) is 47.2 Å². The molecule has 256 valence electrons. The van der Waals surface area contributed by atoms with Crippen LogP contribution in [0.3, 0.4) is 0 Å². The second kappa shape index (κ2) is 11.8. The Morgan fingerprint density at radius 2 is 1.67 bits per heavy atom. The highest BCUT2D eigenvalue weighted by Crippen LogP contribution is 2.56. The van der Waals surface area contributed by atoms with Gasteiger partial charge in [0, 0.05) is 17.4 Å². The Labute approximate surface area is 275 Å². The van der Waals surface area contributed by atoms with Gasteiger partial charge in [-0.25, -0.2) is 4.79 Å². The maximum atomic E-state index is 14.1. The topological polar surface area (TPSA) is 223 Å². The molecule has 3 amide bonds. The van der Waals surface area contributed by atoms with Crippen LogP contribution >= 0.6 is 11.6 Å². The normalized spacial score (nSPS) is 27.0. The molecule has 13 nitrogen and oxygen atoms in total. The number of phenolic OH excluding ortho intramolecular Hbond substituents is 1. The minimum absolute atomic E-state index is 0.142. The first-order valence-corrected chi connectivity index (χ1v) is 14.8. The van der Waals surface area contributed by atoms with Crippen LogP contribution in [0.1, 0.15) is 35.1 Å². The van der Waals surface area contributed by atoms with E-state index >= 15 is 0 Å². The zero-order valence-electron chi connectivity index (χ0n) is 25.4. The van der Waals surface area contributed by atoms with E-state index in [1.807, 2.05) is 0 Å². The number of nitrogens with two attached hydrogens (primary N) is 1. The summed E-state index contributed by atoms with van der Waals surface area (Å²) >= 11 is 5.65. The first-order valence-electron chi connectivity index (χ1n) is 14.3. The maximum absolute atomic E-state index is 14.1. The third-order valence-electron chi connectivity index (χ3n) is 9.17. The number of rotatable bonds is 5. The van der Waals surface area contributed by atoms with E-state index in [9.17, 15) is 57.9 Å². The number of urea groups is 1. The highest BCUT2D eigenvalue weighted by molar-refractivity contribution is 6.24. The Morgan fingerprint density at radius 1 is 1.06 bits per heavy atom. The molecule has 2 aromatic rings. The molecule has 0 radical (unpaired) electrons. The third-order valence-corrected chi connectivity index (χ3v) is 9.48. The maximum Gasteiger partial charge on any atom is 0.418 e. The van der Waals surface area contributed by atoms with Crippen molar-refractivity contribution in [2.75, 3.05) is 24.7 Å². The van der Waals surface area contributed by atoms with Gasteiger partial charge in [-0.05, 0) is 49.3 Å². The number of fused-ring (bicyclic) bond motifs is 3. The number of primary amides is 1. The van der Waals surface area contributed by atoms with Gasteiger partial charge in [-0.15, -0.1) is 11.6 Å². The average molecular weight is 695 g/mol. The van der Waals surface area contributed by atoms with E-state index in [1.165, 1.54) is 44.1 Å². The molecule has 1 saturated carbocycles. The van der Waals surface area contributed by atoms with E-state index in [0.717, 1.165) is 12.1 Å². The molecule has 0 bridgehead atoms. The summed E-state index contributed by atoms with van der Waals surface area (Å²) in [5.41, 5.74) is -1.89. The molecular weight excluding hydrogens is 665 g/mol. The Balaban J connectivity index is 1.59. The van der Waals surface area contributed by atoms with Crippen molar-refractivity contribution in [1.82, 2.24) is 4.90 Å². The van der Waals surface area contributed by atoms with Gasteiger partial charge in [-0.3, -0.25) is 19.3 Å². The quantitative estimate of drug-likeness (QED) is 0.130. The fourth-order valence-corrected chi connectivity index (χ4v) is 7.18. The van der Waals surface area contributed by atoms with Gasteiger partial charge in [-0.1, -0.05) is 19.1 Å². The van der Waals surface area contributed by atoms with Crippen LogP contribution in [0.25, 0.3) is 5.76 Å². The standard InChI is InChI=1S/C31H30ClF3N4O9/c1-10-12-5-7-15(38-29(47)37-14-6-4-11(9-32)8-13(14)31(33,34)35)22(40)17(12)23(41)18-16(10)24(42)20-21(39(2)3)25(43)19(28(36)46)27(45)30(20,48)26(18)44/h4-8,10,16,20-21,24,40-42,45,48H,9H2,1-3H3,(H2,36,46)(H2,37,38,47)/t10-,16+,20+,21-,24-,30-/m0/s1. The SMILES string of the molecule is C[C@H]1c2ccc(NC(=O)Nc3ccc(CCl)cc3C(F)(F)F)c(O)c2C(O)=C2C(=O)[C@]3(O)C(O)=C(C(N)=O)C(=O)[C@@H](N(C)C)[C@@H]3[C@@H](O)[C@@H]21. The molecule has 9 N–H and O–H groups in total. The van der Waals surface area contributed by atoms with E-state index in [2.05, 4.69) is 10.6 Å². The zero-order valence-corrected chi connectivity index (χ0v) is 26.1. The van der Waals surface area contributed by atoms with Crippen molar-refractivity contribution in [3.05, 3.63) is 69.5 Å². The molecule has 0 unspecified atom stereocenters. The van der Waals surface area contributed by atoms with Crippen molar-refractivity contribution in [2.45, 2.75) is 42.6 Å². The van der Waals surface area contributed by atoms with Gasteiger partial charge in [0.1, 0.15) is 22.8 Å². The van der Waals surface area contributed by atoms with Crippen molar-refractivity contribution in [2.24, 2.45) is 17.6 Å². The number of amides is 3. The summed E-state index contributed by atoms with van der Waals surface area (Å²) in [6, 6.07) is 2.79. The number of ketones is 2. The summed E-state index contributed by atoms with van der Waals surface area (Å²) in [6.07, 6.45) is -6.66. The van der Waals surface area contributed by atoms with Crippen LogP contribution in [0.5, 0.6) is 5.75 Å². The number of likely N-dealkylation sites (N-methyl/N-ethyl adjacent to an activating group) is 1. The first kappa shape index (κ1) is 34.7. The largest absolute Gasteiger partial charge is 0.508 e. The van der Waals surface area contributed by atoms with Crippen LogP contribution in [0.2, 0.25) is 0 Å². The lowest BCUT2D eigenvalue weighted by atomic mass is 9.54. The van der Waals surface area contributed by atoms with E-state index in [1.54, 1.807) is 0 Å². The Kier molecular flexibility index (Phi) is 8.53. The van der Waals surface area contributed by atoms with Crippen molar-refractivity contribution < 1.29 is 57.9 Å². The lowest BCUT2D eigenvalue weighted by Gasteiger charge is -2.53. The Morgan fingerprint density at radius 3 is 2.23 bits per heavy atom. The van der Waals surface area contributed by atoms with Gasteiger partial charge < -0.3 is 41.9 Å². The van der Waals surface area contributed by atoms with E-state index < -0.39 is 116 Å². The fourth-order valence-electron chi connectivity index (χ4n) is 7.01. The van der Waals surface area contributed by atoms with E-state index in [-0.39, 0.29) is 17.0 Å². The van der Waals surface area contributed by atoms with Crippen molar-refractivity contribution in [3.8, 4) is 5.75 Å². The summed E-state index contributed by atoms with van der Waals surface area (Å²) < 4.78 is 41.0. The summed E-state index contributed by atoms with van der Waals surface area (Å²) in [4.78, 5) is 53.6. The molecule has 3 aliphatic rings. The third kappa shape index (κ3) is 5.06. The molecule has 6 atom stereocenters. The van der Waals surface area contributed by atoms with Crippen molar-refractivity contribution >= 4 is 52.2 Å². The predicted octanol–water partition coefficient (Wildman–Crippen LogP) is 2.90. The summed E-state index contributed by atoms with van der Waals surface area (Å²) in [5, 5.41) is 61.3. The molecular formula is C31H30ClF3N4O9. The molecule has 1 fully saturated rings. The highest BCUT2D eigenvalue weighted by atomic mass is 35.5. The van der Waals surface area contributed by atoms with Crippen LogP contribution < -0.4 is 16.4 Å². The number of carbonyl (C=O) groups excluding carboxylic acids is 4. The first-order chi connectivity index (χ1) is 22.3. The second-order valence-corrected chi connectivity index (χ2v) is 12.3. The molecule has 3 aliphatic carbocycles. The number of aliphatic hydroxyl groups excluding tert-OH is 3. The van der Waals surface area contributed by atoms with Gasteiger partial charge >= 0.3 is 12.2 Å². The number of aromatic hydroxyl groups is 1. The number of benzene rings is 2.